The van der Waals surface area contributed by atoms with Crippen molar-refractivity contribution in [2.45, 2.75) is 38.1 Å². The minimum atomic E-state index is -0.815. The molecule has 1 saturated heterocycles. The van der Waals surface area contributed by atoms with Gasteiger partial charge in [-0.15, -0.1) is 0 Å². The fraction of sp³-hybridized carbons (Fsp3) is 0.400. The van der Waals surface area contributed by atoms with Crippen molar-refractivity contribution in [3.05, 3.63) is 65.2 Å². The molecule has 0 radical (unpaired) electrons. The summed E-state index contributed by atoms with van der Waals surface area (Å²) in [4.78, 5) is 1.87. The summed E-state index contributed by atoms with van der Waals surface area (Å²) in [7, 11) is 0. The van der Waals surface area contributed by atoms with Crippen LogP contribution >= 0.6 is 0 Å². The summed E-state index contributed by atoms with van der Waals surface area (Å²) in [5.74, 6) is -0.895. The third kappa shape index (κ3) is 3.44. The third-order valence-electron chi connectivity index (χ3n) is 4.83. The predicted molar refractivity (Wildman–Crippen MR) is 94.4 cm³/mol. The number of nitrogens with zero attached hydrogens (tertiary/aromatic N) is 1. The standard InChI is InChI=1S/C20H24F2N2/c1-13(2)14-6-8-15(9-7-14)16-10-17(23)12-24(11-16)19-5-3-4-18(21)20(19)22/h3-9,13,16-17H,10-12,23H2,1-2H3. The molecule has 0 amide bonds. The molecule has 1 aliphatic rings. The molecule has 3 rings (SSSR count). The molecule has 0 aromatic heterocycles. The van der Waals surface area contributed by atoms with E-state index in [1.807, 2.05) is 4.90 Å². The average Bonchev–Trinajstić information content (AvgIpc) is 2.57. The Morgan fingerprint density at radius 1 is 1.04 bits per heavy atom. The summed E-state index contributed by atoms with van der Waals surface area (Å²) in [6, 6.07) is 12.8. The SMILES string of the molecule is CC(C)c1ccc(C2CC(N)CN(c3cccc(F)c3F)C2)cc1. The maximum Gasteiger partial charge on any atom is 0.182 e. The van der Waals surface area contributed by atoms with Gasteiger partial charge in [-0.2, -0.15) is 0 Å². The zero-order valence-electron chi connectivity index (χ0n) is 14.2. The number of hydrogen-bond donors (Lipinski definition) is 1. The highest BCUT2D eigenvalue weighted by Gasteiger charge is 2.28. The van der Waals surface area contributed by atoms with Crippen molar-refractivity contribution in [1.82, 2.24) is 0 Å². The van der Waals surface area contributed by atoms with E-state index in [-0.39, 0.29) is 12.0 Å². The second-order valence-corrected chi connectivity index (χ2v) is 6.99. The third-order valence-corrected chi connectivity index (χ3v) is 4.83. The molecule has 2 nitrogen and oxygen atoms in total. The Bertz CT molecular complexity index is 697. The van der Waals surface area contributed by atoms with Crippen LogP contribution in [0.15, 0.2) is 42.5 Å². The van der Waals surface area contributed by atoms with E-state index in [0.29, 0.717) is 24.7 Å². The quantitative estimate of drug-likeness (QED) is 0.903. The molecule has 128 valence electrons. The van der Waals surface area contributed by atoms with E-state index in [9.17, 15) is 8.78 Å². The van der Waals surface area contributed by atoms with Crippen molar-refractivity contribution in [2.24, 2.45) is 5.73 Å². The molecule has 2 aromatic carbocycles. The van der Waals surface area contributed by atoms with Crippen LogP contribution < -0.4 is 10.6 Å². The van der Waals surface area contributed by atoms with E-state index in [1.54, 1.807) is 12.1 Å². The lowest BCUT2D eigenvalue weighted by Crippen LogP contribution is -2.46. The van der Waals surface area contributed by atoms with Gasteiger partial charge in [0.2, 0.25) is 0 Å². The van der Waals surface area contributed by atoms with Crippen molar-refractivity contribution in [3.63, 3.8) is 0 Å². The maximum absolute atomic E-state index is 14.1. The Balaban J connectivity index is 1.84. The molecule has 2 atom stereocenters. The van der Waals surface area contributed by atoms with E-state index >= 15 is 0 Å². The Labute approximate surface area is 142 Å². The molecular formula is C20H24F2N2. The van der Waals surface area contributed by atoms with Gasteiger partial charge < -0.3 is 10.6 Å². The van der Waals surface area contributed by atoms with Gasteiger partial charge in [0, 0.05) is 25.0 Å². The molecule has 4 heteroatoms. The van der Waals surface area contributed by atoms with Gasteiger partial charge in [-0.1, -0.05) is 44.2 Å². The van der Waals surface area contributed by atoms with E-state index in [1.165, 1.54) is 11.1 Å². The first kappa shape index (κ1) is 16.9. The Morgan fingerprint density at radius 3 is 2.42 bits per heavy atom. The zero-order chi connectivity index (χ0) is 17.3. The molecule has 0 saturated carbocycles. The topological polar surface area (TPSA) is 29.3 Å². The van der Waals surface area contributed by atoms with Gasteiger partial charge in [0.05, 0.1) is 5.69 Å². The van der Waals surface area contributed by atoms with Crippen LogP contribution in [0.25, 0.3) is 0 Å². The largest absolute Gasteiger partial charge is 0.367 e. The van der Waals surface area contributed by atoms with Gasteiger partial charge >= 0.3 is 0 Å². The van der Waals surface area contributed by atoms with Gasteiger partial charge in [-0.3, -0.25) is 0 Å². The lowest BCUT2D eigenvalue weighted by Gasteiger charge is -2.38. The number of halogens is 2. The number of piperidine rings is 1. The molecule has 2 aromatic rings. The smallest absolute Gasteiger partial charge is 0.182 e. The normalized spacial score (nSPS) is 21.3. The second kappa shape index (κ2) is 6.89. The second-order valence-electron chi connectivity index (χ2n) is 6.99. The van der Waals surface area contributed by atoms with E-state index in [2.05, 4.69) is 38.1 Å². The van der Waals surface area contributed by atoms with E-state index in [0.717, 1.165) is 12.5 Å². The van der Waals surface area contributed by atoms with Gasteiger partial charge in [-0.05, 0) is 35.6 Å². The van der Waals surface area contributed by atoms with Crippen molar-refractivity contribution in [3.8, 4) is 0 Å². The molecule has 0 bridgehead atoms. The first-order valence-electron chi connectivity index (χ1n) is 8.50. The van der Waals surface area contributed by atoms with E-state index < -0.39 is 11.6 Å². The number of anilines is 1. The summed E-state index contributed by atoms with van der Waals surface area (Å²) in [5.41, 5.74) is 9.00. The van der Waals surface area contributed by atoms with Crippen LogP contribution in [0.1, 0.15) is 43.2 Å². The number of hydrogen-bond acceptors (Lipinski definition) is 2. The summed E-state index contributed by atoms with van der Waals surface area (Å²) in [5, 5.41) is 0. The lowest BCUT2D eigenvalue weighted by molar-refractivity contribution is 0.442. The Morgan fingerprint density at radius 2 is 1.75 bits per heavy atom. The molecule has 1 heterocycles. The minimum absolute atomic E-state index is 0.0591. The molecule has 2 N–H and O–H groups in total. The summed E-state index contributed by atoms with van der Waals surface area (Å²) in [6.45, 7) is 5.52. The number of benzene rings is 2. The minimum Gasteiger partial charge on any atom is -0.367 e. The summed E-state index contributed by atoms with van der Waals surface area (Å²) in [6.07, 6.45) is 0.856. The number of rotatable bonds is 3. The van der Waals surface area contributed by atoms with Crippen LogP contribution in [0.3, 0.4) is 0 Å². The number of nitrogens with two attached hydrogens (primary N) is 1. The van der Waals surface area contributed by atoms with Crippen molar-refractivity contribution < 1.29 is 8.78 Å². The maximum atomic E-state index is 14.1. The van der Waals surface area contributed by atoms with Gasteiger partial charge in [0.1, 0.15) is 0 Å². The van der Waals surface area contributed by atoms with Crippen LogP contribution in [-0.2, 0) is 0 Å². The van der Waals surface area contributed by atoms with Gasteiger partial charge in [-0.25, -0.2) is 8.78 Å². The fourth-order valence-corrected chi connectivity index (χ4v) is 3.47. The van der Waals surface area contributed by atoms with Gasteiger partial charge in [0.25, 0.3) is 0 Å². The zero-order valence-corrected chi connectivity index (χ0v) is 14.2. The Hall–Kier alpha value is -1.94. The molecule has 1 fully saturated rings. The lowest BCUT2D eigenvalue weighted by atomic mass is 9.87. The predicted octanol–water partition coefficient (Wildman–Crippen LogP) is 4.41. The van der Waals surface area contributed by atoms with Crippen LogP contribution in [0.5, 0.6) is 0 Å². The highest BCUT2D eigenvalue weighted by atomic mass is 19.2. The molecule has 24 heavy (non-hydrogen) atoms. The average molecular weight is 330 g/mol. The highest BCUT2D eigenvalue weighted by molar-refractivity contribution is 5.49. The fourth-order valence-electron chi connectivity index (χ4n) is 3.47. The molecule has 0 aliphatic carbocycles. The molecular weight excluding hydrogens is 306 g/mol. The van der Waals surface area contributed by atoms with Crippen LogP contribution in [0.2, 0.25) is 0 Å². The molecule has 1 aliphatic heterocycles. The van der Waals surface area contributed by atoms with Crippen LogP contribution in [0, 0.1) is 11.6 Å². The Kier molecular flexibility index (Phi) is 4.86. The van der Waals surface area contributed by atoms with Crippen molar-refractivity contribution in [2.75, 3.05) is 18.0 Å². The summed E-state index contributed by atoms with van der Waals surface area (Å²) < 4.78 is 27.7. The van der Waals surface area contributed by atoms with Crippen LogP contribution in [-0.4, -0.2) is 19.1 Å². The highest BCUT2D eigenvalue weighted by Crippen LogP contribution is 2.32. The molecule has 2 unspecified atom stereocenters. The van der Waals surface area contributed by atoms with Crippen molar-refractivity contribution in [1.29, 1.82) is 0 Å². The first-order chi connectivity index (χ1) is 11.5. The van der Waals surface area contributed by atoms with Crippen molar-refractivity contribution >= 4 is 5.69 Å². The molecule has 0 spiro atoms. The monoisotopic (exact) mass is 330 g/mol. The van der Waals surface area contributed by atoms with E-state index in [4.69, 9.17) is 5.73 Å². The summed E-state index contributed by atoms with van der Waals surface area (Å²) >= 11 is 0. The van der Waals surface area contributed by atoms with Crippen LogP contribution in [0.4, 0.5) is 14.5 Å². The first-order valence-corrected chi connectivity index (χ1v) is 8.50. The van der Waals surface area contributed by atoms with Gasteiger partial charge in [0.15, 0.2) is 11.6 Å².